The zero-order valence-corrected chi connectivity index (χ0v) is 6.58. The SMILES string of the molecule is C[N+]1=CC2=C(C=NC1)OCC2. The molecule has 0 saturated carbocycles. The summed E-state index contributed by atoms with van der Waals surface area (Å²) < 4.78 is 7.42. The van der Waals surface area contributed by atoms with E-state index >= 15 is 0 Å². The molecule has 0 aromatic rings. The molecule has 0 radical (unpaired) electrons. The van der Waals surface area contributed by atoms with Crippen molar-refractivity contribution < 1.29 is 9.31 Å². The summed E-state index contributed by atoms with van der Waals surface area (Å²) in [5.74, 6) is 0.953. The summed E-state index contributed by atoms with van der Waals surface area (Å²) >= 11 is 0. The minimum atomic E-state index is 0.732. The van der Waals surface area contributed by atoms with Gasteiger partial charge in [-0.05, 0) is 0 Å². The Bertz CT molecular complexity index is 263. The van der Waals surface area contributed by atoms with Gasteiger partial charge in [0.15, 0.2) is 6.21 Å². The predicted octanol–water partition coefficient (Wildman–Crippen LogP) is 0.416. The minimum absolute atomic E-state index is 0.732. The van der Waals surface area contributed by atoms with Crippen LogP contribution in [0.2, 0.25) is 0 Å². The maximum atomic E-state index is 5.36. The molecule has 0 aromatic heterocycles. The number of rotatable bonds is 0. The largest absolute Gasteiger partial charge is 0.491 e. The average Bonchev–Trinajstić information content (AvgIpc) is 2.31. The van der Waals surface area contributed by atoms with Crippen molar-refractivity contribution in [3.8, 4) is 0 Å². The summed E-state index contributed by atoms with van der Waals surface area (Å²) in [4.78, 5) is 4.18. The summed E-state index contributed by atoms with van der Waals surface area (Å²) in [6.07, 6.45) is 4.95. The lowest BCUT2D eigenvalue weighted by atomic mass is 10.2. The van der Waals surface area contributed by atoms with Crippen LogP contribution in [0.1, 0.15) is 6.42 Å². The Balaban J connectivity index is 2.36. The molecule has 0 amide bonds. The first-order valence-electron chi connectivity index (χ1n) is 3.77. The third kappa shape index (κ3) is 1.18. The standard InChI is InChI=1S/C8H11N2O/c1-10-5-7-2-3-11-8(7)4-9-6-10/h4-5H,2-3,6H2,1H3/q+1. The molecular formula is C8H11N2O+. The molecule has 58 valence electrons. The van der Waals surface area contributed by atoms with Crippen LogP contribution in [-0.4, -0.2) is 37.3 Å². The van der Waals surface area contributed by atoms with E-state index in [1.54, 1.807) is 0 Å². The van der Waals surface area contributed by atoms with E-state index < -0.39 is 0 Å². The lowest BCUT2D eigenvalue weighted by Crippen LogP contribution is -2.06. The van der Waals surface area contributed by atoms with Gasteiger partial charge in [0.1, 0.15) is 12.8 Å². The topological polar surface area (TPSA) is 24.6 Å². The Hall–Kier alpha value is -1.12. The molecule has 0 spiro atoms. The molecule has 0 N–H and O–H groups in total. The first-order valence-corrected chi connectivity index (χ1v) is 3.77. The third-order valence-electron chi connectivity index (χ3n) is 1.83. The number of ether oxygens (including phenoxy) is 1. The molecule has 0 aromatic carbocycles. The van der Waals surface area contributed by atoms with Crippen LogP contribution in [-0.2, 0) is 4.74 Å². The summed E-state index contributed by atoms with van der Waals surface area (Å²) in [6, 6.07) is 0. The lowest BCUT2D eigenvalue weighted by molar-refractivity contribution is -0.489. The number of aliphatic imine (C=N–C) groups is 1. The molecule has 2 heterocycles. The van der Waals surface area contributed by atoms with Gasteiger partial charge in [0, 0.05) is 6.42 Å². The Labute approximate surface area is 65.7 Å². The predicted molar refractivity (Wildman–Crippen MR) is 43.2 cm³/mol. The van der Waals surface area contributed by atoms with Crippen molar-refractivity contribution in [2.45, 2.75) is 6.42 Å². The molecule has 2 aliphatic rings. The molecule has 0 bridgehead atoms. The van der Waals surface area contributed by atoms with Gasteiger partial charge in [-0.3, -0.25) is 0 Å². The highest BCUT2D eigenvalue weighted by Crippen LogP contribution is 2.16. The van der Waals surface area contributed by atoms with E-state index in [1.807, 2.05) is 13.3 Å². The van der Waals surface area contributed by atoms with E-state index in [9.17, 15) is 0 Å². The van der Waals surface area contributed by atoms with Gasteiger partial charge in [0.25, 0.3) is 0 Å². The number of allylic oxidation sites excluding steroid dienone is 1. The Morgan fingerprint density at radius 3 is 3.45 bits per heavy atom. The van der Waals surface area contributed by atoms with Gasteiger partial charge in [0.2, 0.25) is 6.67 Å². The van der Waals surface area contributed by atoms with Gasteiger partial charge >= 0.3 is 0 Å². The van der Waals surface area contributed by atoms with Gasteiger partial charge in [0.05, 0.1) is 18.4 Å². The Morgan fingerprint density at radius 2 is 2.55 bits per heavy atom. The van der Waals surface area contributed by atoms with E-state index in [0.29, 0.717) is 0 Å². The maximum Gasteiger partial charge on any atom is 0.235 e. The molecule has 0 unspecified atom stereocenters. The normalized spacial score (nSPS) is 22.5. The van der Waals surface area contributed by atoms with Crippen molar-refractivity contribution in [3.63, 3.8) is 0 Å². The van der Waals surface area contributed by atoms with Gasteiger partial charge in [-0.25, -0.2) is 9.57 Å². The van der Waals surface area contributed by atoms with Crippen LogP contribution in [0.15, 0.2) is 16.3 Å². The monoisotopic (exact) mass is 151 g/mol. The average molecular weight is 151 g/mol. The highest BCUT2D eigenvalue weighted by Gasteiger charge is 2.17. The van der Waals surface area contributed by atoms with Crippen molar-refractivity contribution in [2.75, 3.05) is 20.3 Å². The zero-order chi connectivity index (χ0) is 7.68. The molecule has 0 saturated heterocycles. The maximum absolute atomic E-state index is 5.36. The molecular weight excluding hydrogens is 140 g/mol. The van der Waals surface area contributed by atoms with Gasteiger partial charge < -0.3 is 4.74 Å². The van der Waals surface area contributed by atoms with E-state index in [-0.39, 0.29) is 0 Å². The third-order valence-corrected chi connectivity index (χ3v) is 1.83. The van der Waals surface area contributed by atoms with E-state index in [1.165, 1.54) is 5.57 Å². The van der Waals surface area contributed by atoms with Crippen molar-refractivity contribution >= 4 is 12.4 Å². The lowest BCUT2D eigenvalue weighted by Gasteiger charge is -1.92. The van der Waals surface area contributed by atoms with Crippen molar-refractivity contribution in [1.82, 2.24) is 0 Å². The van der Waals surface area contributed by atoms with Crippen molar-refractivity contribution in [3.05, 3.63) is 11.3 Å². The smallest absolute Gasteiger partial charge is 0.235 e. The van der Waals surface area contributed by atoms with Gasteiger partial charge in [-0.2, -0.15) is 0 Å². The highest BCUT2D eigenvalue weighted by atomic mass is 16.5. The summed E-state index contributed by atoms with van der Waals surface area (Å²) in [5.41, 5.74) is 1.27. The Morgan fingerprint density at radius 1 is 1.64 bits per heavy atom. The van der Waals surface area contributed by atoms with Gasteiger partial charge in [-0.15, -0.1) is 0 Å². The van der Waals surface area contributed by atoms with Crippen LogP contribution in [0.5, 0.6) is 0 Å². The summed E-state index contributed by atoms with van der Waals surface area (Å²) in [5, 5.41) is 0. The molecule has 0 atom stereocenters. The van der Waals surface area contributed by atoms with Crippen LogP contribution in [0.3, 0.4) is 0 Å². The van der Waals surface area contributed by atoms with Crippen LogP contribution in [0, 0.1) is 0 Å². The van der Waals surface area contributed by atoms with Crippen LogP contribution in [0.4, 0.5) is 0 Å². The molecule has 2 rings (SSSR count). The molecule has 3 heteroatoms. The minimum Gasteiger partial charge on any atom is -0.491 e. The Kier molecular flexibility index (Phi) is 1.49. The van der Waals surface area contributed by atoms with Gasteiger partial charge in [-0.1, -0.05) is 0 Å². The van der Waals surface area contributed by atoms with Crippen LogP contribution >= 0.6 is 0 Å². The second-order valence-corrected chi connectivity index (χ2v) is 2.83. The number of hydrogen-bond donors (Lipinski definition) is 0. The second kappa shape index (κ2) is 2.49. The second-order valence-electron chi connectivity index (χ2n) is 2.83. The first-order chi connectivity index (χ1) is 5.36. The van der Waals surface area contributed by atoms with Crippen LogP contribution < -0.4 is 0 Å². The fraction of sp³-hybridized carbons (Fsp3) is 0.500. The number of hydrogen-bond acceptors (Lipinski definition) is 2. The number of nitrogens with zero attached hydrogens (tertiary/aromatic N) is 2. The zero-order valence-electron chi connectivity index (χ0n) is 6.58. The molecule has 11 heavy (non-hydrogen) atoms. The van der Waals surface area contributed by atoms with E-state index in [0.717, 1.165) is 25.5 Å². The van der Waals surface area contributed by atoms with E-state index in [2.05, 4.69) is 15.8 Å². The van der Waals surface area contributed by atoms with Crippen molar-refractivity contribution in [2.24, 2.45) is 4.99 Å². The summed E-state index contributed by atoms with van der Waals surface area (Å²) in [6.45, 7) is 1.54. The summed E-state index contributed by atoms with van der Waals surface area (Å²) in [7, 11) is 2.02. The fourth-order valence-corrected chi connectivity index (χ4v) is 1.29. The molecule has 2 aliphatic heterocycles. The van der Waals surface area contributed by atoms with Crippen molar-refractivity contribution in [1.29, 1.82) is 0 Å². The fourth-order valence-electron chi connectivity index (χ4n) is 1.29. The first kappa shape index (κ1) is 6.58. The molecule has 0 aliphatic carbocycles. The quantitative estimate of drug-likeness (QED) is 0.460. The molecule has 0 fully saturated rings. The van der Waals surface area contributed by atoms with E-state index in [4.69, 9.17) is 4.74 Å². The molecule has 3 nitrogen and oxygen atoms in total. The van der Waals surface area contributed by atoms with Crippen LogP contribution in [0.25, 0.3) is 0 Å². The highest BCUT2D eigenvalue weighted by molar-refractivity contribution is 5.89.